The summed E-state index contributed by atoms with van der Waals surface area (Å²) >= 11 is 0. The standard InChI is InChI=1S/C21H25NO3/c1-16-4-2-5-18(14-16)23-11-10-22-9-3-6-19(22)17-7-8-20-21(15-17)25-13-12-24-20/h2,4-5,7-8,14-15,19H,3,6,9-13H2,1H3. The summed E-state index contributed by atoms with van der Waals surface area (Å²) in [6.45, 7) is 6.13. The Morgan fingerprint density at radius 2 is 1.96 bits per heavy atom. The topological polar surface area (TPSA) is 30.9 Å². The number of nitrogens with zero attached hydrogens (tertiary/aromatic N) is 1. The van der Waals surface area contributed by atoms with Crippen LogP contribution in [-0.2, 0) is 0 Å². The van der Waals surface area contributed by atoms with Crippen molar-refractivity contribution in [2.75, 3.05) is 32.9 Å². The highest BCUT2D eigenvalue weighted by Gasteiger charge is 2.27. The van der Waals surface area contributed by atoms with Crippen molar-refractivity contribution in [3.63, 3.8) is 0 Å². The van der Waals surface area contributed by atoms with Crippen molar-refractivity contribution in [1.29, 1.82) is 0 Å². The summed E-state index contributed by atoms with van der Waals surface area (Å²) in [5.74, 6) is 2.70. The third-order valence-corrected chi connectivity index (χ3v) is 4.95. The van der Waals surface area contributed by atoms with Gasteiger partial charge in [-0.2, -0.15) is 0 Å². The van der Waals surface area contributed by atoms with Crippen LogP contribution >= 0.6 is 0 Å². The molecule has 0 N–H and O–H groups in total. The molecule has 0 spiro atoms. The smallest absolute Gasteiger partial charge is 0.161 e. The van der Waals surface area contributed by atoms with Gasteiger partial charge >= 0.3 is 0 Å². The summed E-state index contributed by atoms with van der Waals surface area (Å²) in [6, 6.07) is 15.1. The molecule has 0 aliphatic carbocycles. The molecular weight excluding hydrogens is 314 g/mol. The van der Waals surface area contributed by atoms with E-state index in [9.17, 15) is 0 Å². The largest absolute Gasteiger partial charge is 0.492 e. The summed E-state index contributed by atoms with van der Waals surface area (Å²) in [5.41, 5.74) is 2.55. The van der Waals surface area contributed by atoms with Gasteiger partial charge in [-0.3, -0.25) is 4.90 Å². The number of hydrogen-bond donors (Lipinski definition) is 0. The zero-order valence-corrected chi connectivity index (χ0v) is 14.7. The van der Waals surface area contributed by atoms with Crippen molar-refractivity contribution in [2.24, 2.45) is 0 Å². The molecule has 0 radical (unpaired) electrons. The van der Waals surface area contributed by atoms with Gasteiger partial charge in [-0.05, 0) is 61.7 Å². The molecule has 0 amide bonds. The highest BCUT2D eigenvalue weighted by atomic mass is 16.6. The Bertz CT molecular complexity index is 731. The fraction of sp³-hybridized carbons (Fsp3) is 0.429. The third-order valence-electron chi connectivity index (χ3n) is 4.95. The van der Waals surface area contributed by atoms with Crippen LogP contribution in [0, 0.1) is 6.92 Å². The minimum atomic E-state index is 0.442. The SMILES string of the molecule is Cc1cccc(OCCN2CCCC2c2ccc3c(c2)OCCO3)c1. The molecule has 0 bridgehead atoms. The second kappa shape index (κ2) is 7.36. The van der Waals surface area contributed by atoms with Gasteiger partial charge in [-0.15, -0.1) is 0 Å². The molecule has 25 heavy (non-hydrogen) atoms. The van der Waals surface area contributed by atoms with Gasteiger partial charge in [0.25, 0.3) is 0 Å². The van der Waals surface area contributed by atoms with Crippen molar-refractivity contribution < 1.29 is 14.2 Å². The minimum absolute atomic E-state index is 0.442. The number of ether oxygens (including phenoxy) is 3. The number of aryl methyl sites for hydroxylation is 1. The van der Waals surface area contributed by atoms with E-state index >= 15 is 0 Å². The molecule has 132 valence electrons. The van der Waals surface area contributed by atoms with Gasteiger partial charge in [0.1, 0.15) is 25.6 Å². The Morgan fingerprint density at radius 1 is 1.08 bits per heavy atom. The maximum Gasteiger partial charge on any atom is 0.161 e. The van der Waals surface area contributed by atoms with Gasteiger partial charge < -0.3 is 14.2 Å². The van der Waals surface area contributed by atoms with Crippen LogP contribution < -0.4 is 14.2 Å². The molecule has 2 aromatic rings. The van der Waals surface area contributed by atoms with Crippen molar-refractivity contribution in [1.82, 2.24) is 4.90 Å². The lowest BCUT2D eigenvalue weighted by Gasteiger charge is -2.26. The molecule has 1 unspecified atom stereocenters. The first-order chi connectivity index (χ1) is 12.3. The Labute approximate surface area is 149 Å². The summed E-state index contributed by atoms with van der Waals surface area (Å²) in [7, 11) is 0. The van der Waals surface area contributed by atoms with E-state index < -0.39 is 0 Å². The van der Waals surface area contributed by atoms with Crippen LogP contribution in [0.3, 0.4) is 0 Å². The molecule has 2 aliphatic rings. The quantitative estimate of drug-likeness (QED) is 0.824. The number of rotatable bonds is 5. The van der Waals surface area contributed by atoms with E-state index in [4.69, 9.17) is 14.2 Å². The lowest BCUT2D eigenvalue weighted by atomic mass is 10.0. The first-order valence-corrected chi connectivity index (χ1v) is 9.13. The van der Waals surface area contributed by atoms with E-state index in [2.05, 4.69) is 36.1 Å². The molecule has 4 rings (SSSR count). The maximum absolute atomic E-state index is 5.94. The second-order valence-corrected chi connectivity index (χ2v) is 6.76. The Kier molecular flexibility index (Phi) is 4.79. The van der Waals surface area contributed by atoms with Gasteiger partial charge in [-0.1, -0.05) is 18.2 Å². The number of hydrogen-bond acceptors (Lipinski definition) is 4. The fourth-order valence-corrected chi connectivity index (χ4v) is 3.72. The zero-order chi connectivity index (χ0) is 17.1. The highest BCUT2D eigenvalue weighted by Crippen LogP contribution is 2.37. The molecule has 1 saturated heterocycles. The lowest BCUT2D eigenvalue weighted by molar-refractivity contribution is 0.170. The minimum Gasteiger partial charge on any atom is -0.492 e. The van der Waals surface area contributed by atoms with Gasteiger partial charge in [0.15, 0.2) is 11.5 Å². The fourth-order valence-electron chi connectivity index (χ4n) is 3.72. The van der Waals surface area contributed by atoms with E-state index in [-0.39, 0.29) is 0 Å². The number of benzene rings is 2. The Morgan fingerprint density at radius 3 is 2.84 bits per heavy atom. The predicted molar refractivity (Wildman–Crippen MR) is 97.7 cm³/mol. The van der Waals surface area contributed by atoms with Gasteiger partial charge in [0.2, 0.25) is 0 Å². The van der Waals surface area contributed by atoms with Crippen LogP contribution in [0.4, 0.5) is 0 Å². The van der Waals surface area contributed by atoms with Crippen molar-refractivity contribution >= 4 is 0 Å². The van der Waals surface area contributed by atoms with E-state index in [0.29, 0.717) is 25.9 Å². The molecule has 2 heterocycles. The Hall–Kier alpha value is -2.20. The molecule has 0 saturated carbocycles. The summed E-state index contributed by atoms with van der Waals surface area (Å²) in [5, 5.41) is 0. The van der Waals surface area contributed by atoms with Crippen LogP contribution in [0.2, 0.25) is 0 Å². The van der Waals surface area contributed by atoms with E-state index in [0.717, 1.165) is 30.3 Å². The Balaban J connectivity index is 1.39. The van der Waals surface area contributed by atoms with Gasteiger partial charge in [-0.25, -0.2) is 0 Å². The molecule has 1 fully saturated rings. The van der Waals surface area contributed by atoms with Crippen LogP contribution in [0.1, 0.15) is 30.0 Å². The molecule has 0 aromatic heterocycles. The summed E-state index contributed by atoms with van der Waals surface area (Å²) < 4.78 is 17.3. The average Bonchev–Trinajstić information content (AvgIpc) is 3.10. The molecular formula is C21H25NO3. The van der Waals surface area contributed by atoms with Crippen molar-refractivity contribution in [2.45, 2.75) is 25.8 Å². The molecule has 4 heteroatoms. The zero-order valence-electron chi connectivity index (χ0n) is 14.7. The lowest BCUT2D eigenvalue weighted by Crippen LogP contribution is -2.28. The highest BCUT2D eigenvalue weighted by molar-refractivity contribution is 5.44. The van der Waals surface area contributed by atoms with Crippen molar-refractivity contribution in [3.05, 3.63) is 53.6 Å². The predicted octanol–water partition coefficient (Wildman–Crippen LogP) is 3.98. The van der Waals surface area contributed by atoms with Crippen molar-refractivity contribution in [3.8, 4) is 17.2 Å². The first kappa shape index (κ1) is 16.3. The van der Waals surface area contributed by atoms with Crippen LogP contribution in [-0.4, -0.2) is 37.8 Å². The molecule has 4 nitrogen and oxygen atoms in total. The monoisotopic (exact) mass is 339 g/mol. The second-order valence-electron chi connectivity index (χ2n) is 6.76. The van der Waals surface area contributed by atoms with Gasteiger partial charge in [0, 0.05) is 12.6 Å². The van der Waals surface area contributed by atoms with Gasteiger partial charge in [0.05, 0.1) is 0 Å². The van der Waals surface area contributed by atoms with E-state index in [1.807, 2.05) is 18.2 Å². The first-order valence-electron chi connectivity index (χ1n) is 9.13. The van der Waals surface area contributed by atoms with Crippen LogP contribution in [0.25, 0.3) is 0 Å². The normalized spacial score (nSPS) is 19.8. The number of likely N-dealkylation sites (tertiary alicyclic amines) is 1. The average molecular weight is 339 g/mol. The number of fused-ring (bicyclic) bond motifs is 1. The molecule has 2 aliphatic heterocycles. The van der Waals surface area contributed by atoms with E-state index in [1.165, 1.54) is 24.0 Å². The summed E-state index contributed by atoms with van der Waals surface area (Å²) in [6.07, 6.45) is 2.41. The molecule has 2 aromatic carbocycles. The molecule has 1 atom stereocenters. The third kappa shape index (κ3) is 3.74. The van der Waals surface area contributed by atoms with Crippen LogP contribution in [0.15, 0.2) is 42.5 Å². The maximum atomic E-state index is 5.94. The van der Waals surface area contributed by atoms with Crippen LogP contribution in [0.5, 0.6) is 17.2 Å². The van der Waals surface area contributed by atoms with E-state index in [1.54, 1.807) is 0 Å². The summed E-state index contributed by atoms with van der Waals surface area (Å²) in [4.78, 5) is 2.52.